The molecule has 0 saturated carbocycles. The summed E-state index contributed by atoms with van der Waals surface area (Å²) in [7, 11) is -2.36. The van der Waals surface area contributed by atoms with Crippen molar-refractivity contribution < 1.29 is 21.6 Å². The Hall–Kier alpha value is -3.33. The van der Waals surface area contributed by atoms with Crippen LogP contribution in [0, 0.1) is 0 Å². The van der Waals surface area contributed by atoms with Crippen LogP contribution in [0.1, 0.15) is 11.1 Å². The van der Waals surface area contributed by atoms with Crippen molar-refractivity contribution in [2.24, 2.45) is 11.4 Å². The molecule has 4 rings (SSSR count). The number of para-hydroxylation sites is 2. The molecule has 4 aromatic rings. The van der Waals surface area contributed by atoms with Crippen LogP contribution in [0.5, 0.6) is 0 Å². The Bertz CT molecular complexity index is 1420. The lowest BCUT2D eigenvalue weighted by Crippen LogP contribution is -2.26. The molecule has 0 N–H and O–H groups in total. The summed E-state index contributed by atoms with van der Waals surface area (Å²) in [5.74, 6) is 0. The number of imidazole rings is 1. The van der Waals surface area contributed by atoms with E-state index in [0.717, 1.165) is 12.1 Å². The second-order valence-electron chi connectivity index (χ2n) is 7.01. The molecule has 31 heavy (non-hydrogen) atoms. The number of hydrogen-bond acceptors (Lipinski definition) is 2. The van der Waals surface area contributed by atoms with Crippen molar-refractivity contribution in [2.45, 2.75) is 17.6 Å². The highest BCUT2D eigenvalue weighted by molar-refractivity contribution is 7.90. The van der Waals surface area contributed by atoms with Gasteiger partial charge in [0.25, 0.3) is 10.0 Å². The van der Waals surface area contributed by atoms with Crippen LogP contribution in [-0.2, 0) is 29.8 Å². The van der Waals surface area contributed by atoms with Crippen LogP contribution in [0.4, 0.5) is 13.2 Å². The Morgan fingerprint density at radius 1 is 0.871 bits per heavy atom. The van der Waals surface area contributed by atoms with Gasteiger partial charge in [-0.25, -0.2) is 0 Å². The first kappa shape index (κ1) is 20.9. The standard InChI is InChI=1S/C22H18F3N3O2S/c1-27-19-12-5-6-13-20(19)28(15-16-8-7-9-17(14-16)22(23,24)25)21(27)26-31(29,30)18-10-3-2-4-11-18/h2-14H,15H2,1H3/b26-21+. The van der Waals surface area contributed by atoms with E-state index in [9.17, 15) is 21.6 Å². The van der Waals surface area contributed by atoms with Gasteiger partial charge in [-0.1, -0.05) is 42.5 Å². The molecule has 0 bridgehead atoms. The first-order chi connectivity index (χ1) is 14.7. The lowest BCUT2D eigenvalue weighted by atomic mass is 10.1. The quantitative estimate of drug-likeness (QED) is 0.469. The Balaban J connectivity index is 1.92. The largest absolute Gasteiger partial charge is 0.416 e. The van der Waals surface area contributed by atoms with Crippen molar-refractivity contribution in [3.63, 3.8) is 0 Å². The molecular weight excluding hydrogens is 427 g/mol. The maximum atomic E-state index is 13.1. The third-order valence-corrected chi connectivity index (χ3v) is 6.18. The second-order valence-corrected chi connectivity index (χ2v) is 8.62. The van der Waals surface area contributed by atoms with E-state index < -0.39 is 21.8 Å². The van der Waals surface area contributed by atoms with E-state index in [1.807, 2.05) is 0 Å². The average Bonchev–Trinajstić information content (AvgIpc) is 3.00. The van der Waals surface area contributed by atoms with E-state index in [0.29, 0.717) is 16.6 Å². The molecule has 0 spiro atoms. The third kappa shape index (κ3) is 4.13. The van der Waals surface area contributed by atoms with Gasteiger partial charge in [0.2, 0.25) is 5.62 Å². The molecule has 1 heterocycles. The highest BCUT2D eigenvalue weighted by Crippen LogP contribution is 2.29. The predicted molar refractivity (Wildman–Crippen MR) is 111 cm³/mol. The van der Waals surface area contributed by atoms with Crippen LogP contribution in [0.15, 0.2) is 88.2 Å². The molecule has 0 saturated heterocycles. The lowest BCUT2D eigenvalue weighted by Gasteiger charge is -2.10. The van der Waals surface area contributed by atoms with E-state index in [-0.39, 0.29) is 17.1 Å². The summed E-state index contributed by atoms with van der Waals surface area (Å²) in [4.78, 5) is 0.0332. The smallest absolute Gasteiger partial charge is 0.312 e. The van der Waals surface area contributed by atoms with Crippen molar-refractivity contribution in [2.75, 3.05) is 0 Å². The van der Waals surface area contributed by atoms with E-state index >= 15 is 0 Å². The molecule has 0 fully saturated rings. The van der Waals surface area contributed by atoms with Gasteiger partial charge in [0.15, 0.2) is 0 Å². The van der Waals surface area contributed by atoms with Crippen molar-refractivity contribution in [1.82, 2.24) is 9.13 Å². The Morgan fingerprint density at radius 2 is 1.52 bits per heavy atom. The molecule has 0 atom stereocenters. The number of nitrogens with zero attached hydrogens (tertiary/aromatic N) is 3. The van der Waals surface area contributed by atoms with Gasteiger partial charge in [-0.2, -0.15) is 21.6 Å². The second kappa shape index (κ2) is 7.73. The predicted octanol–water partition coefficient (Wildman–Crippen LogP) is 4.34. The molecular formula is C22H18F3N3O2S. The molecule has 1 aromatic heterocycles. The number of sulfonamides is 1. The normalized spacial score (nSPS) is 13.1. The van der Waals surface area contributed by atoms with E-state index in [1.54, 1.807) is 64.7 Å². The Labute approximate surface area is 176 Å². The fourth-order valence-corrected chi connectivity index (χ4v) is 4.46. The van der Waals surface area contributed by atoms with Crippen LogP contribution < -0.4 is 5.62 Å². The summed E-state index contributed by atoms with van der Waals surface area (Å²) in [6.45, 7) is 0.0222. The number of hydrogen-bond donors (Lipinski definition) is 0. The average molecular weight is 445 g/mol. The van der Waals surface area contributed by atoms with Crippen molar-refractivity contribution >= 4 is 21.1 Å². The number of aryl methyl sites for hydroxylation is 1. The third-order valence-electron chi connectivity index (χ3n) is 4.91. The van der Waals surface area contributed by atoms with Crippen LogP contribution >= 0.6 is 0 Å². The molecule has 0 aliphatic rings. The summed E-state index contributed by atoms with van der Waals surface area (Å²) in [6, 6.07) is 19.9. The van der Waals surface area contributed by atoms with E-state index in [1.165, 1.54) is 18.2 Å². The molecule has 3 aromatic carbocycles. The fraction of sp³-hybridized carbons (Fsp3) is 0.136. The van der Waals surface area contributed by atoms with Gasteiger partial charge in [0.05, 0.1) is 28.0 Å². The zero-order valence-corrected chi connectivity index (χ0v) is 17.2. The topological polar surface area (TPSA) is 56.4 Å². The molecule has 5 nitrogen and oxygen atoms in total. The van der Waals surface area contributed by atoms with Gasteiger partial charge >= 0.3 is 6.18 Å². The zero-order chi connectivity index (χ0) is 22.2. The van der Waals surface area contributed by atoms with E-state index in [4.69, 9.17) is 0 Å². The number of benzene rings is 3. The number of alkyl halides is 3. The minimum Gasteiger partial charge on any atom is -0.312 e. The van der Waals surface area contributed by atoms with Crippen molar-refractivity contribution in [3.8, 4) is 0 Å². The molecule has 0 radical (unpaired) electrons. The van der Waals surface area contributed by atoms with Crippen LogP contribution in [-0.4, -0.2) is 17.6 Å². The maximum absolute atomic E-state index is 13.1. The number of rotatable bonds is 4. The van der Waals surface area contributed by atoms with E-state index in [2.05, 4.69) is 4.40 Å². The summed E-state index contributed by atoms with van der Waals surface area (Å²) >= 11 is 0. The Kier molecular flexibility index (Phi) is 5.22. The number of fused-ring (bicyclic) bond motifs is 1. The van der Waals surface area contributed by atoms with Gasteiger partial charge in [-0.05, 0) is 42.0 Å². The molecule has 160 valence electrons. The minimum absolute atomic E-state index is 0.0222. The maximum Gasteiger partial charge on any atom is 0.416 e. The van der Waals surface area contributed by atoms with Crippen LogP contribution in [0.2, 0.25) is 0 Å². The monoisotopic (exact) mass is 445 g/mol. The highest BCUT2D eigenvalue weighted by atomic mass is 32.2. The molecule has 0 unspecified atom stereocenters. The van der Waals surface area contributed by atoms with Crippen LogP contribution in [0.3, 0.4) is 0 Å². The lowest BCUT2D eigenvalue weighted by molar-refractivity contribution is -0.137. The van der Waals surface area contributed by atoms with Gasteiger partial charge in [-0.15, -0.1) is 4.40 Å². The molecule has 0 aliphatic heterocycles. The zero-order valence-electron chi connectivity index (χ0n) is 16.4. The first-order valence-electron chi connectivity index (χ1n) is 9.33. The summed E-state index contributed by atoms with van der Waals surface area (Å²) in [5.41, 5.74) is 1.09. The molecule has 0 amide bonds. The fourth-order valence-electron chi connectivity index (χ4n) is 3.42. The van der Waals surface area contributed by atoms with Crippen LogP contribution in [0.25, 0.3) is 11.0 Å². The molecule has 9 heteroatoms. The SMILES string of the molecule is Cn1/c(=N\S(=O)(=O)c2ccccc2)n(Cc2cccc(C(F)(F)F)c2)c2ccccc21. The summed E-state index contributed by atoms with van der Waals surface area (Å²) in [5, 5.41) is 0. The number of halogens is 3. The van der Waals surface area contributed by atoms with Gasteiger partial charge in [0.1, 0.15) is 0 Å². The number of aromatic nitrogens is 2. The summed E-state index contributed by atoms with van der Waals surface area (Å²) < 4.78 is 72.4. The van der Waals surface area contributed by atoms with Gasteiger partial charge < -0.3 is 9.13 Å². The summed E-state index contributed by atoms with van der Waals surface area (Å²) in [6.07, 6.45) is -4.47. The van der Waals surface area contributed by atoms with Crippen molar-refractivity contribution in [1.29, 1.82) is 0 Å². The van der Waals surface area contributed by atoms with Gasteiger partial charge in [0, 0.05) is 7.05 Å². The first-order valence-corrected chi connectivity index (χ1v) is 10.8. The minimum atomic E-state index is -4.47. The Morgan fingerprint density at radius 3 is 2.19 bits per heavy atom. The highest BCUT2D eigenvalue weighted by Gasteiger charge is 2.30. The molecule has 0 aliphatic carbocycles. The van der Waals surface area contributed by atoms with Gasteiger partial charge in [-0.3, -0.25) is 0 Å². The van der Waals surface area contributed by atoms with Crippen molar-refractivity contribution in [3.05, 3.63) is 95.6 Å².